The van der Waals surface area contributed by atoms with Gasteiger partial charge in [0.1, 0.15) is 0 Å². The molecule has 126 valence electrons. The fraction of sp³-hybridized carbons (Fsp3) is 0.800. The molecule has 1 unspecified atom stereocenters. The molecule has 1 saturated heterocycles. The maximum atomic E-state index is 11.9. The minimum absolute atomic E-state index is 0.0622. The van der Waals surface area contributed by atoms with Crippen LogP contribution in [0.15, 0.2) is 0 Å². The van der Waals surface area contributed by atoms with Gasteiger partial charge in [0.05, 0.1) is 11.9 Å². The van der Waals surface area contributed by atoms with E-state index in [-0.39, 0.29) is 23.0 Å². The number of carbonyl (C=O) groups is 3. The lowest BCUT2D eigenvalue weighted by molar-refractivity contribution is -0.138. The molecule has 0 aromatic rings. The number of ether oxygens (including phenoxy) is 1. The van der Waals surface area contributed by atoms with Crippen LogP contribution >= 0.6 is 11.8 Å². The van der Waals surface area contributed by atoms with Crippen molar-refractivity contribution < 1.29 is 19.1 Å². The molecular weight excluding hydrogens is 304 g/mol. The Morgan fingerprint density at radius 2 is 2.09 bits per heavy atom. The number of hydrogen-bond donors (Lipinski definition) is 0. The van der Waals surface area contributed by atoms with E-state index in [0.29, 0.717) is 32.5 Å². The first-order chi connectivity index (χ1) is 10.5. The molecule has 1 rings (SSSR count). The summed E-state index contributed by atoms with van der Waals surface area (Å²) in [6, 6.07) is 0. The van der Waals surface area contributed by atoms with Gasteiger partial charge < -0.3 is 9.64 Å². The highest BCUT2D eigenvalue weighted by Gasteiger charge is 2.37. The molecule has 1 fully saturated rings. The van der Waals surface area contributed by atoms with E-state index in [0.717, 1.165) is 19.3 Å². The first-order valence-electron chi connectivity index (χ1n) is 7.61. The van der Waals surface area contributed by atoms with Gasteiger partial charge in [-0.15, -0.1) is 0 Å². The Kier molecular flexibility index (Phi) is 8.48. The largest absolute Gasteiger partial charge is 0.383 e. The SMILES string of the molecule is COCCN(C)C(=O)CCCCCN1C(=O)CC(SC)C1=O. The van der Waals surface area contributed by atoms with E-state index in [9.17, 15) is 14.4 Å². The first kappa shape index (κ1) is 19.0. The van der Waals surface area contributed by atoms with Gasteiger partial charge in [-0.25, -0.2) is 0 Å². The third-order valence-corrected chi connectivity index (χ3v) is 4.75. The summed E-state index contributed by atoms with van der Waals surface area (Å²) in [4.78, 5) is 38.5. The summed E-state index contributed by atoms with van der Waals surface area (Å²) in [5, 5.41) is -0.205. The third kappa shape index (κ3) is 5.61. The van der Waals surface area contributed by atoms with Gasteiger partial charge in [0.15, 0.2) is 0 Å². The molecule has 0 spiro atoms. The Bertz CT molecular complexity index is 403. The molecule has 0 N–H and O–H groups in total. The molecule has 1 aliphatic heterocycles. The van der Waals surface area contributed by atoms with Crippen LogP contribution in [0.3, 0.4) is 0 Å². The Hall–Kier alpha value is -1.08. The number of nitrogens with zero attached hydrogens (tertiary/aromatic N) is 2. The third-order valence-electron chi connectivity index (χ3n) is 3.82. The topological polar surface area (TPSA) is 66.9 Å². The van der Waals surface area contributed by atoms with Gasteiger partial charge in [-0.2, -0.15) is 11.8 Å². The molecule has 3 amide bonds. The van der Waals surface area contributed by atoms with E-state index in [1.807, 2.05) is 6.26 Å². The van der Waals surface area contributed by atoms with Gasteiger partial charge in [-0.3, -0.25) is 19.3 Å². The van der Waals surface area contributed by atoms with Crippen LogP contribution in [0.5, 0.6) is 0 Å². The Labute approximate surface area is 136 Å². The lowest BCUT2D eigenvalue weighted by Gasteiger charge is -2.17. The number of hydrogen-bond acceptors (Lipinski definition) is 5. The fourth-order valence-corrected chi connectivity index (χ4v) is 2.98. The van der Waals surface area contributed by atoms with Gasteiger partial charge in [0, 0.05) is 40.1 Å². The molecule has 0 saturated carbocycles. The van der Waals surface area contributed by atoms with Crippen LogP contribution in [0.2, 0.25) is 0 Å². The summed E-state index contributed by atoms with van der Waals surface area (Å²) in [5.74, 6) is -0.0274. The van der Waals surface area contributed by atoms with E-state index < -0.39 is 0 Å². The summed E-state index contributed by atoms with van der Waals surface area (Å²) < 4.78 is 4.94. The van der Waals surface area contributed by atoms with Gasteiger partial charge in [0.25, 0.3) is 0 Å². The number of likely N-dealkylation sites (N-methyl/N-ethyl adjacent to an activating group) is 1. The van der Waals surface area contributed by atoms with Crippen LogP contribution in [-0.4, -0.2) is 72.9 Å². The number of likely N-dealkylation sites (tertiary alicyclic amines) is 1. The van der Waals surface area contributed by atoms with Crippen molar-refractivity contribution in [2.24, 2.45) is 0 Å². The summed E-state index contributed by atoms with van der Waals surface area (Å²) in [5.41, 5.74) is 0. The zero-order valence-electron chi connectivity index (χ0n) is 13.7. The maximum Gasteiger partial charge on any atom is 0.242 e. The van der Waals surface area contributed by atoms with E-state index in [1.165, 1.54) is 16.7 Å². The highest BCUT2D eigenvalue weighted by Crippen LogP contribution is 2.23. The molecule has 1 heterocycles. The number of carbonyl (C=O) groups excluding carboxylic acids is 3. The second-order valence-corrected chi connectivity index (χ2v) is 6.47. The van der Waals surface area contributed by atoms with Crippen LogP contribution in [0, 0.1) is 0 Å². The molecule has 7 heteroatoms. The monoisotopic (exact) mass is 330 g/mol. The Morgan fingerprint density at radius 3 is 2.68 bits per heavy atom. The minimum Gasteiger partial charge on any atom is -0.383 e. The van der Waals surface area contributed by atoms with Crippen LogP contribution in [0.4, 0.5) is 0 Å². The predicted octanol–water partition coefficient (Wildman–Crippen LogP) is 1.14. The Morgan fingerprint density at radius 1 is 1.36 bits per heavy atom. The van der Waals surface area contributed by atoms with Crippen molar-refractivity contribution in [1.82, 2.24) is 9.80 Å². The minimum atomic E-state index is -0.205. The molecule has 0 aromatic carbocycles. The quantitative estimate of drug-likeness (QED) is 0.444. The standard InChI is InChI=1S/C15H26N2O4S/c1-16(9-10-21-2)13(18)7-5-4-6-8-17-14(19)11-12(22-3)15(17)20/h12H,4-11H2,1-3H3. The van der Waals surface area contributed by atoms with Crippen LogP contribution < -0.4 is 0 Å². The van der Waals surface area contributed by atoms with E-state index in [1.54, 1.807) is 19.1 Å². The molecule has 1 aliphatic rings. The number of unbranched alkanes of at least 4 members (excludes halogenated alkanes) is 2. The highest BCUT2D eigenvalue weighted by molar-refractivity contribution is 8.00. The maximum absolute atomic E-state index is 11.9. The molecule has 22 heavy (non-hydrogen) atoms. The van der Waals surface area contributed by atoms with E-state index in [4.69, 9.17) is 4.74 Å². The van der Waals surface area contributed by atoms with Crippen molar-refractivity contribution >= 4 is 29.5 Å². The summed E-state index contributed by atoms with van der Waals surface area (Å²) in [7, 11) is 3.38. The molecule has 1 atom stereocenters. The van der Waals surface area contributed by atoms with Crippen molar-refractivity contribution in [3.8, 4) is 0 Å². The number of thioether (sulfide) groups is 1. The summed E-state index contributed by atoms with van der Waals surface area (Å²) in [6.45, 7) is 1.61. The average molecular weight is 330 g/mol. The molecule has 0 aromatic heterocycles. The van der Waals surface area contributed by atoms with Crippen molar-refractivity contribution in [2.45, 2.75) is 37.4 Å². The smallest absolute Gasteiger partial charge is 0.242 e. The fourth-order valence-electron chi connectivity index (χ4n) is 2.34. The number of methoxy groups -OCH3 is 1. The molecule has 0 radical (unpaired) electrons. The van der Waals surface area contributed by atoms with E-state index in [2.05, 4.69) is 0 Å². The summed E-state index contributed by atoms with van der Waals surface area (Å²) >= 11 is 1.43. The van der Waals surface area contributed by atoms with Crippen molar-refractivity contribution in [1.29, 1.82) is 0 Å². The number of imide groups is 1. The second kappa shape index (κ2) is 9.84. The first-order valence-corrected chi connectivity index (χ1v) is 8.90. The highest BCUT2D eigenvalue weighted by atomic mass is 32.2. The van der Waals surface area contributed by atoms with Crippen molar-refractivity contribution in [3.05, 3.63) is 0 Å². The molecule has 6 nitrogen and oxygen atoms in total. The normalized spacial score (nSPS) is 18.1. The van der Waals surface area contributed by atoms with Crippen molar-refractivity contribution in [3.63, 3.8) is 0 Å². The van der Waals surface area contributed by atoms with Gasteiger partial charge in [-0.05, 0) is 19.1 Å². The van der Waals surface area contributed by atoms with Crippen LogP contribution in [0.25, 0.3) is 0 Å². The molecule has 0 bridgehead atoms. The van der Waals surface area contributed by atoms with Gasteiger partial charge in [-0.1, -0.05) is 6.42 Å². The van der Waals surface area contributed by atoms with Crippen LogP contribution in [0.1, 0.15) is 32.1 Å². The zero-order valence-corrected chi connectivity index (χ0v) is 14.5. The average Bonchev–Trinajstić information content (AvgIpc) is 2.78. The van der Waals surface area contributed by atoms with Gasteiger partial charge >= 0.3 is 0 Å². The molecule has 0 aliphatic carbocycles. The number of rotatable bonds is 10. The second-order valence-electron chi connectivity index (χ2n) is 5.43. The summed E-state index contributed by atoms with van der Waals surface area (Å²) in [6.07, 6.45) is 5.04. The lowest BCUT2D eigenvalue weighted by Crippen LogP contribution is -2.32. The van der Waals surface area contributed by atoms with Gasteiger partial charge in [0.2, 0.25) is 17.7 Å². The van der Waals surface area contributed by atoms with Crippen molar-refractivity contribution in [2.75, 3.05) is 40.1 Å². The zero-order chi connectivity index (χ0) is 16.5. The number of amides is 3. The predicted molar refractivity (Wildman–Crippen MR) is 86.6 cm³/mol. The van der Waals surface area contributed by atoms with Crippen LogP contribution in [-0.2, 0) is 19.1 Å². The Balaban J connectivity index is 2.17. The lowest BCUT2D eigenvalue weighted by atomic mass is 10.1. The van der Waals surface area contributed by atoms with E-state index >= 15 is 0 Å². The molecular formula is C15H26N2O4S.